The van der Waals surface area contributed by atoms with E-state index < -0.39 is 17.6 Å². The lowest BCUT2D eigenvalue weighted by Gasteiger charge is -2.10. The maximum absolute atomic E-state index is 12.7. The molecular weight excluding hydrogens is 382 g/mol. The van der Waals surface area contributed by atoms with E-state index in [9.17, 15) is 18.0 Å². The molecule has 2 rings (SSSR count). The topological polar surface area (TPSA) is 64.1 Å². The maximum atomic E-state index is 12.7. The van der Waals surface area contributed by atoms with Gasteiger partial charge in [-0.05, 0) is 18.6 Å². The SMILES string of the molecule is O=C(NCCCOc1cc(C(F)(F)F)cc(Cl)n1)c1cnccc1Cl. The Labute approximate surface area is 151 Å². The number of halogens is 5. The van der Waals surface area contributed by atoms with E-state index >= 15 is 0 Å². The summed E-state index contributed by atoms with van der Waals surface area (Å²) in [4.78, 5) is 19.3. The van der Waals surface area contributed by atoms with Crippen molar-refractivity contribution in [1.29, 1.82) is 0 Å². The van der Waals surface area contributed by atoms with Crippen LogP contribution in [-0.2, 0) is 6.18 Å². The van der Waals surface area contributed by atoms with Crippen LogP contribution in [0.15, 0.2) is 30.6 Å². The molecule has 2 aromatic rings. The fraction of sp³-hybridized carbons (Fsp3) is 0.267. The summed E-state index contributed by atoms with van der Waals surface area (Å²) in [6, 6.07) is 2.97. The predicted octanol–water partition coefficient (Wildman–Crippen LogP) is 4.00. The Bertz CT molecular complexity index is 757. The number of carbonyl (C=O) groups excluding carboxylic acids is 1. The Morgan fingerprint density at radius 1 is 1.28 bits per heavy atom. The van der Waals surface area contributed by atoms with Crippen LogP contribution in [-0.4, -0.2) is 29.0 Å². The van der Waals surface area contributed by atoms with Gasteiger partial charge in [0.15, 0.2) is 0 Å². The largest absolute Gasteiger partial charge is 0.478 e. The molecule has 5 nitrogen and oxygen atoms in total. The highest BCUT2D eigenvalue weighted by molar-refractivity contribution is 6.33. The highest BCUT2D eigenvalue weighted by Crippen LogP contribution is 2.32. The molecule has 0 radical (unpaired) electrons. The maximum Gasteiger partial charge on any atom is 0.416 e. The number of aromatic nitrogens is 2. The number of alkyl halides is 3. The minimum Gasteiger partial charge on any atom is -0.478 e. The number of rotatable bonds is 6. The van der Waals surface area contributed by atoms with Gasteiger partial charge in [-0.2, -0.15) is 13.2 Å². The fourth-order valence-corrected chi connectivity index (χ4v) is 2.19. The number of hydrogen-bond donors (Lipinski definition) is 1. The Balaban J connectivity index is 1.81. The van der Waals surface area contributed by atoms with Crippen LogP contribution in [0.1, 0.15) is 22.3 Å². The molecule has 0 spiro atoms. The first-order valence-corrected chi connectivity index (χ1v) is 7.78. The minimum absolute atomic E-state index is 0.0473. The third-order valence-corrected chi connectivity index (χ3v) is 3.49. The summed E-state index contributed by atoms with van der Waals surface area (Å²) in [6.45, 7) is 0.280. The van der Waals surface area contributed by atoms with Crippen molar-refractivity contribution in [3.63, 3.8) is 0 Å². The summed E-state index contributed by atoms with van der Waals surface area (Å²) in [7, 11) is 0. The van der Waals surface area contributed by atoms with E-state index in [4.69, 9.17) is 27.9 Å². The Hall–Kier alpha value is -2.06. The molecule has 25 heavy (non-hydrogen) atoms. The molecule has 0 aliphatic rings. The van der Waals surface area contributed by atoms with E-state index in [2.05, 4.69) is 15.3 Å². The van der Waals surface area contributed by atoms with Gasteiger partial charge in [0.25, 0.3) is 5.91 Å². The first-order valence-electron chi connectivity index (χ1n) is 7.02. The molecule has 0 fully saturated rings. The summed E-state index contributed by atoms with van der Waals surface area (Å²) in [5.41, 5.74) is -0.710. The number of amides is 1. The van der Waals surface area contributed by atoms with Gasteiger partial charge in [0, 0.05) is 25.0 Å². The number of nitrogens with one attached hydrogen (secondary N) is 1. The van der Waals surface area contributed by atoms with Crippen LogP contribution in [0.4, 0.5) is 13.2 Å². The van der Waals surface area contributed by atoms with Gasteiger partial charge < -0.3 is 10.1 Å². The van der Waals surface area contributed by atoms with Crippen LogP contribution in [0.5, 0.6) is 5.88 Å². The van der Waals surface area contributed by atoms with Crippen molar-refractivity contribution < 1.29 is 22.7 Å². The lowest BCUT2D eigenvalue weighted by Crippen LogP contribution is -2.26. The van der Waals surface area contributed by atoms with Crippen molar-refractivity contribution in [3.05, 3.63) is 51.9 Å². The number of pyridine rings is 2. The molecule has 2 heterocycles. The quantitative estimate of drug-likeness (QED) is 0.594. The predicted molar refractivity (Wildman–Crippen MR) is 85.9 cm³/mol. The van der Waals surface area contributed by atoms with Crippen molar-refractivity contribution in [1.82, 2.24) is 15.3 Å². The lowest BCUT2D eigenvalue weighted by molar-refractivity contribution is -0.137. The molecule has 0 saturated heterocycles. The third kappa shape index (κ3) is 5.75. The molecule has 10 heteroatoms. The van der Waals surface area contributed by atoms with Crippen molar-refractivity contribution >= 4 is 29.1 Å². The Kier molecular flexibility index (Phi) is 6.44. The van der Waals surface area contributed by atoms with Crippen molar-refractivity contribution in [2.24, 2.45) is 0 Å². The Morgan fingerprint density at radius 3 is 2.72 bits per heavy atom. The molecule has 0 bridgehead atoms. The van der Waals surface area contributed by atoms with E-state index in [1.165, 1.54) is 18.5 Å². The zero-order valence-electron chi connectivity index (χ0n) is 12.6. The average molecular weight is 394 g/mol. The lowest BCUT2D eigenvalue weighted by atomic mass is 10.2. The van der Waals surface area contributed by atoms with Gasteiger partial charge in [-0.25, -0.2) is 4.98 Å². The molecule has 0 saturated carbocycles. The number of hydrogen-bond acceptors (Lipinski definition) is 4. The van der Waals surface area contributed by atoms with Gasteiger partial charge in [0.05, 0.1) is 22.8 Å². The van der Waals surface area contributed by atoms with E-state index in [0.29, 0.717) is 12.5 Å². The second-order valence-electron chi connectivity index (χ2n) is 4.83. The number of nitrogens with zero attached hydrogens (tertiary/aromatic N) is 2. The molecule has 0 atom stereocenters. The summed E-state index contributed by atoms with van der Waals surface area (Å²) in [5, 5.41) is 2.56. The van der Waals surface area contributed by atoms with Crippen molar-refractivity contribution in [2.75, 3.05) is 13.2 Å². The third-order valence-electron chi connectivity index (χ3n) is 2.97. The van der Waals surface area contributed by atoms with Crippen molar-refractivity contribution in [2.45, 2.75) is 12.6 Å². The molecule has 134 valence electrons. The van der Waals surface area contributed by atoms with Crippen LogP contribution in [0, 0.1) is 0 Å². The highest BCUT2D eigenvalue weighted by atomic mass is 35.5. The molecular formula is C15H12Cl2F3N3O2. The van der Waals surface area contributed by atoms with E-state index in [1.807, 2.05) is 0 Å². The Morgan fingerprint density at radius 2 is 2.04 bits per heavy atom. The van der Waals surface area contributed by atoms with Gasteiger partial charge in [-0.1, -0.05) is 23.2 Å². The van der Waals surface area contributed by atoms with Gasteiger partial charge >= 0.3 is 6.18 Å². The van der Waals surface area contributed by atoms with Gasteiger partial charge in [-0.15, -0.1) is 0 Å². The summed E-state index contributed by atoms with van der Waals surface area (Å²) in [5.74, 6) is -0.639. The number of carbonyl (C=O) groups is 1. The smallest absolute Gasteiger partial charge is 0.416 e. The molecule has 1 amide bonds. The molecule has 2 aromatic heterocycles. The summed E-state index contributed by atoms with van der Waals surface area (Å²) < 4.78 is 43.2. The first kappa shape index (κ1) is 19.3. The van der Waals surface area contributed by atoms with Gasteiger partial charge in [0.2, 0.25) is 5.88 Å². The number of ether oxygens (including phenoxy) is 1. The summed E-state index contributed by atoms with van der Waals surface area (Å²) >= 11 is 11.4. The molecule has 0 aromatic carbocycles. The normalized spacial score (nSPS) is 11.2. The zero-order chi connectivity index (χ0) is 18.4. The fourth-order valence-electron chi connectivity index (χ4n) is 1.80. The van der Waals surface area contributed by atoms with Crippen LogP contribution < -0.4 is 10.1 Å². The van der Waals surface area contributed by atoms with Crippen LogP contribution in [0.2, 0.25) is 10.2 Å². The van der Waals surface area contributed by atoms with Gasteiger partial charge in [0.1, 0.15) is 5.15 Å². The molecule has 0 aliphatic carbocycles. The second-order valence-corrected chi connectivity index (χ2v) is 5.62. The highest BCUT2D eigenvalue weighted by Gasteiger charge is 2.31. The molecule has 0 unspecified atom stereocenters. The zero-order valence-corrected chi connectivity index (χ0v) is 14.1. The van der Waals surface area contributed by atoms with Gasteiger partial charge in [-0.3, -0.25) is 9.78 Å². The molecule has 0 aliphatic heterocycles. The van der Waals surface area contributed by atoms with Crippen LogP contribution in [0.3, 0.4) is 0 Å². The first-order chi connectivity index (χ1) is 11.8. The van der Waals surface area contributed by atoms with E-state index in [0.717, 1.165) is 6.07 Å². The minimum atomic E-state index is -4.54. The summed E-state index contributed by atoms with van der Waals surface area (Å²) in [6.07, 6.45) is -1.40. The van der Waals surface area contributed by atoms with Crippen LogP contribution >= 0.6 is 23.2 Å². The monoisotopic (exact) mass is 393 g/mol. The van der Waals surface area contributed by atoms with Crippen molar-refractivity contribution in [3.8, 4) is 5.88 Å². The van der Waals surface area contributed by atoms with E-state index in [1.54, 1.807) is 0 Å². The molecule has 1 N–H and O–H groups in total. The average Bonchev–Trinajstić information content (AvgIpc) is 2.53. The standard InChI is InChI=1S/C15H12Cl2F3N3O2/c16-11-2-4-21-8-10(11)14(24)22-3-1-5-25-13-7-9(15(18,19)20)6-12(17)23-13/h2,4,6-8H,1,3,5H2,(H,22,24). The van der Waals surface area contributed by atoms with E-state index in [-0.39, 0.29) is 34.8 Å². The van der Waals surface area contributed by atoms with Crippen LogP contribution in [0.25, 0.3) is 0 Å². The second kappa shape index (κ2) is 8.35.